The van der Waals surface area contributed by atoms with E-state index in [9.17, 15) is 9.90 Å². The number of hydrogen-bond donors (Lipinski definition) is 2. The van der Waals surface area contributed by atoms with Crippen molar-refractivity contribution >= 4 is 12.0 Å². The van der Waals surface area contributed by atoms with Crippen molar-refractivity contribution in [2.24, 2.45) is 0 Å². The van der Waals surface area contributed by atoms with E-state index in [4.69, 9.17) is 4.42 Å². The Labute approximate surface area is 123 Å². The van der Waals surface area contributed by atoms with E-state index in [0.29, 0.717) is 12.2 Å². The smallest absolute Gasteiger partial charge is 0.244 e. The predicted molar refractivity (Wildman–Crippen MR) is 79.5 cm³/mol. The van der Waals surface area contributed by atoms with E-state index in [1.54, 1.807) is 12.1 Å². The Morgan fingerprint density at radius 1 is 1.33 bits per heavy atom. The molecule has 0 bridgehead atoms. The maximum Gasteiger partial charge on any atom is 0.244 e. The molecule has 2 atom stereocenters. The molecular formula is C17H17NO3. The number of rotatable bonds is 3. The van der Waals surface area contributed by atoms with Gasteiger partial charge in [0, 0.05) is 12.5 Å². The van der Waals surface area contributed by atoms with Crippen LogP contribution in [-0.4, -0.2) is 17.1 Å². The van der Waals surface area contributed by atoms with Crippen LogP contribution in [0.25, 0.3) is 6.08 Å². The minimum atomic E-state index is -0.578. The lowest BCUT2D eigenvalue weighted by Gasteiger charge is -2.16. The molecule has 1 heterocycles. The van der Waals surface area contributed by atoms with Crippen molar-refractivity contribution < 1.29 is 14.3 Å². The third-order valence-electron chi connectivity index (χ3n) is 3.66. The zero-order valence-corrected chi connectivity index (χ0v) is 11.7. The largest absolute Gasteiger partial charge is 0.462 e. The van der Waals surface area contributed by atoms with Gasteiger partial charge in [-0.1, -0.05) is 24.3 Å². The number of aliphatic hydroxyl groups excluding tert-OH is 1. The number of furan rings is 1. The van der Waals surface area contributed by atoms with E-state index in [0.717, 1.165) is 16.9 Å². The Bertz CT molecular complexity index is 687. The minimum Gasteiger partial charge on any atom is -0.462 e. The SMILES string of the molecule is Cc1ccc(/C=C/C(=O)N[C@@H]2c3ccccc3C[C@@H]2O)o1. The van der Waals surface area contributed by atoms with Gasteiger partial charge in [-0.05, 0) is 36.3 Å². The minimum absolute atomic E-state index is 0.246. The second-order valence-corrected chi connectivity index (χ2v) is 5.24. The number of carbonyl (C=O) groups excluding carboxylic acids is 1. The first-order chi connectivity index (χ1) is 10.1. The molecule has 4 heteroatoms. The van der Waals surface area contributed by atoms with Gasteiger partial charge in [0.15, 0.2) is 0 Å². The van der Waals surface area contributed by atoms with Crippen LogP contribution in [-0.2, 0) is 11.2 Å². The Kier molecular flexibility index (Phi) is 3.62. The summed E-state index contributed by atoms with van der Waals surface area (Å²) < 4.78 is 5.37. The number of benzene rings is 1. The molecule has 1 aliphatic carbocycles. The molecule has 0 radical (unpaired) electrons. The number of fused-ring (bicyclic) bond motifs is 1. The third kappa shape index (κ3) is 2.90. The normalized spacial score (nSPS) is 20.7. The summed E-state index contributed by atoms with van der Waals surface area (Å²) in [5.41, 5.74) is 2.07. The molecule has 0 unspecified atom stereocenters. The van der Waals surface area contributed by atoms with Crippen LogP contribution in [0, 0.1) is 6.92 Å². The van der Waals surface area contributed by atoms with E-state index in [1.807, 2.05) is 37.3 Å². The van der Waals surface area contributed by atoms with Crippen LogP contribution in [0.1, 0.15) is 28.7 Å². The van der Waals surface area contributed by atoms with Crippen molar-refractivity contribution in [2.75, 3.05) is 0 Å². The fourth-order valence-electron chi connectivity index (χ4n) is 2.65. The molecule has 1 aliphatic rings. The lowest BCUT2D eigenvalue weighted by atomic mass is 10.1. The van der Waals surface area contributed by atoms with Gasteiger partial charge in [-0.25, -0.2) is 0 Å². The third-order valence-corrected chi connectivity index (χ3v) is 3.66. The molecule has 21 heavy (non-hydrogen) atoms. The van der Waals surface area contributed by atoms with Crippen molar-refractivity contribution in [1.82, 2.24) is 5.32 Å². The zero-order chi connectivity index (χ0) is 14.8. The van der Waals surface area contributed by atoms with Crippen molar-refractivity contribution in [2.45, 2.75) is 25.5 Å². The second kappa shape index (κ2) is 5.58. The summed E-state index contributed by atoms with van der Waals surface area (Å²) in [4.78, 5) is 12.0. The van der Waals surface area contributed by atoms with Gasteiger partial charge in [-0.3, -0.25) is 4.79 Å². The van der Waals surface area contributed by atoms with Gasteiger partial charge in [0.1, 0.15) is 11.5 Å². The van der Waals surface area contributed by atoms with E-state index >= 15 is 0 Å². The molecule has 0 aliphatic heterocycles. The average molecular weight is 283 g/mol. The van der Waals surface area contributed by atoms with Crippen molar-refractivity contribution in [1.29, 1.82) is 0 Å². The lowest BCUT2D eigenvalue weighted by Crippen LogP contribution is -2.32. The van der Waals surface area contributed by atoms with Gasteiger partial charge in [-0.15, -0.1) is 0 Å². The predicted octanol–water partition coefficient (Wildman–Crippen LogP) is 2.38. The fourth-order valence-corrected chi connectivity index (χ4v) is 2.65. The molecule has 0 spiro atoms. The molecule has 0 saturated heterocycles. The molecule has 4 nitrogen and oxygen atoms in total. The van der Waals surface area contributed by atoms with Crippen LogP contribution >= 0.6 is 0 Å². The van der Waals surface area contributed by atoms with Gasteiger partial charge >= 0.3 is 0 Å². The highest BCUT2D eigenvalue weighted by atomic mass is 16.3. The Balaban J connectivity index is 1.69. The number of aliphatic hydroxyl groups is 1. The first kappa shape index (κ1) is 13.6. The summed E-state index contributed by atoms with van der Waals surface area (Å²) >= 11 is 0. The van der Waals surface area contributed by atoms with Crippen LogP contribution in [0.15, 0.2) is 46.9 Å². The van der Waals surface area contributed by atoms with E-state index in [2.05, 4.69) is 5.32 Å². The highest BCUT2D eigenvalue weighted by Gasteiger charge is 2.31. The maximum atomic E-state index is 12.0. The summed E-state index contributed by atoms with van der Waals surface area (Å²) in [5, 5.41) is 12.9. The number of hydrogen-bond acceptors (Lipinski definition) is 3. The summed E-state index contributed by atoms with van der Waals surface area (Å²) in [6.07, 6.45) is 3.04. The summed E-state index contributed by atoms with van der Waals surface area (Å²) in [6, 6.07) is 11.1. The van der Waals surface area contributed by atoms with Gasteiger partial charge in [0.2, 0.25) is 5.91 Å². The summed E-state index contributed by atoms with van der Waals surface area (Å²) in [5.74, 6) is 1.19. The van der Waals surface area contributed by atoms with E-state index in [1.165, 1.54) is 6.08 Å². The van der Waals surface area contributed by atoms with E-state index < -0.39 is 6.10 Å². The van der Waals surface area contributed by atoms with Gasteiger partial charge in [0.05, 0.1) is 12.1 Å². The zero-order valence-electron chi connectivity index (χ0n) is 11.7. The van der Waals surface area contributed by atoms with E-state index in [-0.39, 0.29) is 11.9 Å². The summed E-state index contributed by atoms with van der Waals surface area (Å²) in [7, 11) is 0. The second-order valence-electron chi connectivity index (χ2n) is 5.24. The Morgan fingerprint density at radius 2 is 2.14 bits per heavy atom. The molecule has 2 N–H and O–H groups in total. The molecule has 108 valence electrons. The molecule has 1 aromatic heterocycles. The molecule has 0 saturated carbocycles. The van der Waals surface area contributed by atoms with Crippen molar-refractivity contribution in [3.63, 3.8) is 0 Å². The lowest BCUT2D eigenvalue weighted by molar-refractivity contribution is -0.117. The number of aryl methyl sites for hydroxylation is 1. The fraction of sp³-hybridized carbons (Fsp3) is 0.235. The number of carbonyl (C=O) groups is 1. The van der Waals surface area contributed by atoms with Gasteiger partial charge in [-0.2, -0.15) is 0 Å². The highest BCUT2D eigenvalue weighted by molar-refractivity contribution is 5.91. The van der Waals surface area contributed by atoms with Crippen molar-refractivity contribution in [3.05, 3.63) is 65.1 Å². The molecular weight excluding hydrogens is 266 g/mol. The van der Waals surface area contributed by atoms with Crippen LogP contribution in [0.4, 0.5) is 0 Å². The molecule has 0 fully saturated rings. The quantitative estimate of drug-likeness (QED) is 0.850. The topological polar surface area (TPSA) is 62.5 Å². The Morgan fingerprint density at radius 3 is 2.90 bits per heavy atom. The number of amides is 1. The summed E-state index contributed by atoms with van der Waals surface area (Å²) in [6.45, 7) is 1.85. The standard InChI is InChI=1S/C17H17NO3/c1-11-6-7-13(21-11)8-9-16(20)18-17-14-5-3-2-4-12(14)10-15(17)19/h2-9,15,17,19H,10H2,1H3,(H,18,20)/b9-8+/t15-,17+/m0/s1. The average Bonchev–Trinajstić information content (AvgIpc) is 3.01. The molecule has 2 aromatic rings. The molecule has 3 rings (SSSR count). The van der Waals surface area contributed by atoms with Crippen LogP contribution < -0.4 is 5.32 Å². The number of nitrogens with one attached hydrogen (secondary N) is 1. The Hall–Kier alpha value is -2.33. The van der Waals surface area contributed by atoms with Crippen molar-refractivity contribution in [3.8, 4) is 0 Å². The highest BCUT2D eigenvalue weighted by Crippen LogP contribution is 2.31. The van der Waals surface area contributed by atoms with Gasteiger partial charge in [0.25, 0.3) is 0 Å². The van der Waals surface area contributed by atoms with Crippen LogP contribution in [0.5, 0.6) is 0 Å². The van der Waals surface area contributed by atoms with Gasteiger partial charge < -0.3 is 14.8 Å². The molecule has 1 aromatic carbocycles. The molecule has 1 amide bonds. The van der Waals surface area contributed by atoms with Crippen LogP contribution in [0.3, 0.4) is 0 Å². The maximum absolute atomic E-state index is 12.0. The monoisotopic (exact) mass is 283 g/mol. The first-order valence-corrected chi connectivity index (χ1v) is 6.94. The first-order valence-electron chi connectivity index (χ1n) is 6.94. The van der Waals surface area contributed by atoms with Crippen LogP contribution in [0.2, 0.25) is 0 Å².